The number of halogens is 3. The van der Waals surface area contributed by atoms with Crippen molar-refractivity contribution in [3.05, 3.63) is 249 Å². The first-order valence-corrected chi connectivity index (χ1v) is 30.3. The monoisotopic (exact) mass is 1130 g/mol. The second-order valence-corrected chi connectivity index (χ2v) is 24.9. The molecule has 0 aromatic heterocycles. The van der Waals surface area contributed by atoms with E-state index in [2.05, 4.69) is 242 Å². The van der Waals surface area contributed by atoms with Crippen molar-refractivity contribution in [1.82, 2.24) is 0 Å². The Morgan fingerprint density at radius 2 is 0.679 bits per heavy atom. The molecular formula is C77H104Cl2FN. The van der Waals surface area contributed by atoms with E-state index in [1.165, 1.54) is 102 Å². The third-order valence-electron chi connectivity index (χ3n) is 13.2. The highest BCUT2D eigenvalue weighted by atomic mass is 35.5. The van der Waals surface area contributed by atoms with Gasteiger partial charge in [-0.2, -0.15) is 5.26 Å². The maximum atomic E-state index is 12.4. The summed E-state index contributed by atoms with van der Waals surface area (Å²) in [7, 11) is 0. The zero-order valence-corrected chi connectivity index (χ0v) is 56.0. The van der Waals surface area contributed by atoms with Gasteiger partial charge in [-0.05, 0) is 209 Å². The summed E-state index contributed by atoms with van der Waals surface area (Å²) in [6, 6.07) is 46.6. The summed E-state index contributed by atoms with van der Waals surface area (Å²) in [6.07, 6.45) is 6.68. The third-order valence-corrected chi connectivity index (χ3v) is 13.7. The fourth-order valence-electron chi connectivity index (χ4n) is 9.04. The van der Waals surface area contributed by atoms with Gasteiger partial charge in [0, 0.05) is 10.0 Å². The molecule has 0 N–H and O–H groups in total. The van der Waals surface area contributed by atoms with Crippen molar-refractivity contribution in [2.24, 2.45) is 0 Å². The summed E-state index contributed by atoms with van der Waals surface area (Å²) in [6.45, 7) is 49.1. The van der Waals surface area contributed by atoms with Crippen LogP contribution < -0.4 is 0 Å². The van der Waals surface area contributed by atoms with Gasteiger partial charge in [0.2, 0.25) is 0 Å². The Balaban J connectivity index is 0.000000473. The molecule has 0 aliphatic heterocycles. The molecule has 0 unspecified atom stereocenters. The van der Waals surface area contributed by atoms with Gasteiger partial charge in [-0.25, -0.2) is 4.39 Å². The molecule has 0 saturated heterocycles. The number of hydrogen-bond donors (Lipinski definition) is 0. The van der Waals surface area contributed by atoms with Crippen LogP contribution in [0.2, 0.25) is 10.0 Å². The number of aryl methyl sites for hydroxylation is 10. The molecule has 4 heteroatoms. The first kappa shape index (κ1) is 73.3. The molecule has 7 aromatic rings. The van der Waals surface area contributed by atoms with Crippen LogP contribution in [0.25, 0.3) is 6.08 Å². The molecule has 0 radical (unpaired) electrons. The fourth-order valence-corrected chi connectivity index (χ4v) is 9.64. The molecule has 0 aliphatic rings. The first-order valence-electron chi connectivity index (χ1n) is 29.5. The highest BCUT2D eigenvalue weighted by Crippen LogP contribution is 2.24. The van der Waals surface area contributed by atoms with E-state index >= 15 is 0 Å². The van der Waals surface area contributed by atoms with Crippen molar-refractivity contribution in [1.29, 1.82) is 5.26 Å². The van der Waals surface area contributed by atoms with Crippen LogP contribution in [-0.4, -0.2) is 0 Å². The molecule has 0 amide bonds. The average molecular weight is 1130 g/mol. The Hall–Kier alpha value is -5.72. The van der Waals surface area contributed by atoms with Crippen molar-refractivity contribution in [3.8, 4) is 6.07 Å². The summed E-state index contributed by atoms with van der Waals surface area (Å²) in [5.74, 6) is 3.37. The van der Waals surface area contributed by atoms with Crippen molar-refractivity contribution >= 4 is 29.3 Å². The van der Waals surface area contributed by atoms with Crippen LogP contribution in [0.15, 0.2) is 133 Å². The number of rotatable bonds is 10. The van der Waals surface area contributed by atoms with Gasteiger partial charge in [0.25, 0.3) is 0 Å². The quantitative estimate of drug-likeness (QED) is 0.134. The van der Waals surface area contributed by atoms with Gasteiger partial charge < -0.3 is 0 Å². The molecule has 438 valence electrons. The summed E-state index contributed by atoms with van der Waals surface area (Å²) >= 11 is 11.8. The lowest BCUT2D eigenvalue weighted by Gasteiger charge is -2.07. The molecule has 0 spiro atoms. The lowest BCUT2D eigenvalue weighted by Crippen LogP contribution is -1.91. The minimum absolute atomic E-state index is 0.332. The second-order valence-electron chi connectivity index (χ2n) is 24.0. The number of nitriles is 1. The molecule has 0 bridgehead atoms. The number of allylic oxidation sites excluding steroid dienone is 1. The topological polar surface area (TPSA) is 23.8 Å². The van der Waals surface area contributed by atoms with E-state index in [-0.39, 0.29) is 0 Å². The van der Waals surface area contributed by atoms with E-state index in [0.717, 1.165) is 15.6 Å². The molecule has 7 rings (SSSR count). The highest BCUT2D eigenvalue weighted by Gasteiger charge is 2.06. The van der Waals surface area contributed by atoms with E-state index in [1.54, 1.807) is 6.07 Å². The Morgan fingerprint density at radius 1 is 0.383 bits per heavy atom. The standard InChI is InChI=1S/C13H18.C11H12FN.3C11H16.2C10H13Cl/c1-5-6-12-7-11(4)8-13(9-12)10(2)3;1-8(2)11-4-9(6-12)3-10(5-11)7-13;2*1-8(2)11-6-9(3)5-10(4)7-11;1-4-5-11-7-9(2)6-10(3)8-11;2*1-7(2)9-4-8(3)5-10(11)6-9/h5-10H,1-4H3;3-5,8H,6H2,1-2H3;2*5-8H,1-4H3;6-8H,4-5H2,1-3H3;2*4-7H,1-3H3/b6-5+;;;;;;. The Labute approximate surface area is 505 Å². The average Bonchev–Trinajstić information content (AvgIpc) is 3.36. The van der Waals surface area contributed by atoms with Crippen molar-refractivity contribution < 1.29 is 4.39 Å². The van der Waals surface area contributed by atoms with Gasteiger partial charge in [0.15, 0.2) is 0 Å². The Kier molecular flexibility index (Phi) is 34.5. The minimum atomic E-state index is -0.505. The second kappa shape index (κ2) is 38.1. The molecular weight excluding hydrogens is 1030 g/mol. The van der Waals surface area contributed by atoms with E-state index in [1.807, 2.05) is 56.3 Å². The normalized spacial score (nSPS) is 10.6. The van der Waals surface area contributed by atoms with Gasteiger partial charge in [-0.3, -0.25) is 0 Å². The van der Waals surface area contributed by atoms with Crippen LogP contribution in [-0.2, 0) is 13.1 Å². The molecule has 0 fully saturated rings. The van der Waals surface area contributed by atoms with E-state index < -0.39 is 6.67 Å². The molecule has 81 heavy (non-hydrogen) atoms. The Bertz CT molecular complexity index is 2710. The summed E-state index contributed by atoms with van der Waals surface area (Å²) in [5.41, 5.74) is 23.9. The largest absolute Gasteiger partial charge is 0.246 e. The molecule has 7 aromatic carbocycles. The molecule has 0 aliphatic carbocycles. The summed E-state index contributed by atoms with van der Waals surface area (Å²) in [4.78, 5) is 0. The van der Waals surface area contributed by atoms with Crippen LogP contribution in [0, 0.1) is 73.6 Å². The third kappa shape index (κ3) is 30.8. The number of benzene rings is 7. The predicted molar refractivity (Wildman–Crippen MR) is 361 cm³/mol. The Morgan fingerprint density at radius 3 is 0.975 bits per heavy atom. The van der Waals surface area contributed by atoms with Crippen LogP contribution in [0.1, 0.15) is 245 Å². The van der Waals surface area contributed by atoms with Crippen LogP contribution >= 0.6 is 23.2 Å². The first-order chi connectivity index (χ1) is 37.9. The molecule has 0 saturated carbocycles. The van der Waals surface area contributed by atoms with Gasteiger partial charge >= 0.3 is 0 Å². The maximum absolute atomic E-state index is 12.4. The SMILES string of the molecule is C/C=C/c1cc(C)cc(C(C)C)c1.CC(C)c1cc(C#N)cc(CF)c1.CCCc1cc(C)cc(C)c1.Cc1cc(C)cc(C(C)C)c1.Cc1cc(C)cc(C(C)C)c1.Cc1cc(Cl)cc(C(C)C)c1.Cc1cc(Cl)cc(C(C)C)c1. The smallest absolute Gasteiger partial charge is 0.115 e. The van der Waals surface area contributed by atoms with Crippen LogP contribution in [0.3, 0.4) is 0 Å². The number of alkyl halides is 1. The van der Waals surface area contributed by atoms with Crippen molar-refractivity contribution in [2.45, 2.75) is 214 Å². The zero-order chi connectivity index (χ0) is 61.7. The highest BCUT2D eigenvalue weighted by molar-refractivity contribution is 6.31. The van der Waals surface area contributed by atoms with Gasteiger partial charge in [0.1, 0.15) is 6.67 Å². The van der Waals surface area contributed by atoms with Gasteiger partial charge in [0.05, 0.1) is 11.6 Å². The molecule has 0 heterocycles. The maximum Gasteiger partial charge on any atom is 0.115 e. The summed E-state index contributed by atoms with van der Waals surface area (Å²) < 4.78 is 12.4. The van der Waals surface area contributed by atoms with Gasteiger partial charge in [-0.1, -0.05) is 262 Å². The van der Waals surface area contributed by atoms with Gasteiger partial charge in [-0.15, -0.1) is 0 Å². The van der Waals surface area contributed by atoms with Crippen LogP contribution in [0.4, 0.5) is 4.39 Å². The molecule has 0 atom stereocenters. The zero-order valence-electron chi connectivity index (χ0n) is 54.4. The van der Waals surface area contributed by atoms with Crippen molar-refractivity contribution in [2.75, 3.05) is 0 Å². The number of nitrogens with zero attached hydrogens (tertiary/aromatic N) is 1. The van der Waals surface area contributed by atoms with E-state index in [0.29, 0.717) is 46.6 Å². The fraction of sp³-hybridized carbons (Fsp3) is 0.416. The van der Waals surface area contributed by atoms with E-state index in [4.69, 9.17) is 28.5 Å². The molecule has 1 nitrogen and oxygen atoms in total. The number of hydrogen-bond acceptors (Lipinski definition) is 1. The minimum Gasteiger partial charge on any atom is -0.246 e. The van der Waals surface area contributed by atoms with Crippen LogP contribution in [0.5, 0.6) is 0 Å². The summed E-state index contributed by atoms with van der Waals surface area (Å²) in [5, 5.41) is 10.4. The van der Waals surface area contributed by atoms with Crippen molar-refractivity contribution in [3.63, 3.8) is 0 Å². The van der Waals surface area contributed by atoms with E-state index in [9.17, 15) is 4.39 Å². The lowest BCUT2D eigenvalue weighted by molar-refractivity contribution is 0.484. The lowest BCUT2D eigenvalue weighted by atomic mass is 9.98. The predicted octanol–water partition coefficient (Wildman–Crippen LogP) is 25.0.